The Hall–Kier alpha value is -4.37. The second-order valence-electron chi connectivity index (χ2n) is 7.30. The Balaban J connectivity index is 1.65. The smallest absolute Gasteiger partial charge is 0.269 e. The highest BCUT2D eigenvalue weighted by molar-refractivity contribution is 7.07. The van der Waals surface area contributed by atoms with Gasteiger partial charge in [0.05, 0.1) is 28.7 Å². The molecule has 0 aliphatic rings. The summed E-state index contributed by atoms with van der Waals surface area (Å²) in [6.07, 6.45) is 5.20. The minimum Gasteiger partial charge on any atom is -0.358 e. The second kappa shape index (κ2) is 8.64. The van der Waals surface area contributed by atoms with E-state index in [0.717, 1.165) is 33.4 Å². The average molecular weight is 455 g/mol. The molecule has 0 saturated heterocycles. The lowest BCUT2D eigenvalue weighted by molar-refractivity contribution is -0.384. The third-order valence-corrected chi connectivity index (χ3v) is 5.99. The third-order valence-electron chi connectivity index (χ3n) is 5.18. The molecule has 0 spiro atoms. The minimum atomic E-state index is -0.410. The maximum Gasteiger partial charge on any atom is 0.269 e. The average Bonchev–Trinajstić information content (AvgIpc) is 3.38. The van der Waals surface area contributed by atoms with Gasteiger partial charge in [0, 0.05) is 51.4 Å². The Morgan fingerprint density at radius 1 is 1.12 bits per heavy atom. The van der Waals surface area contributed by atoms with E-state index >= 15 is 0 Å². The van der Waals surface area contributed by atoms with E-state index in [2.05, 4.69) is 16.0 Å². The molecule has 0 atom stereocenters. The lowest BCUT2D eigenvalue weighted by atomic mass is 10.1. The summed E-state index contributed by atoms with van der Waals surface area (Å²) in [4.78, 5) is 23.5. The first-order valence-corrected chi connectivity index (χ1v) is 11.0. The fourth-order valence-corrected chi connectivity index (χ4v) is 4.41. The molecule has 8 nitrogen and oxygen atoms in total. The maximum atomic E-state index is 11.1. The number of aryl methyl sites for hydroxylation is 1. The Bertz CT molecular complexity index is 1550. The molecule has 0 radical (unpaired) electrons. The number of aromatic nitrogens is 3. The number of pyridine rings is 1. The molecule has 2 aromatic carbocycles. The standard InChI is InChI=1S/C24H18N6O2S/c1-16-21(20-6-2-3-7-22(20)27-16)14-26-29-23(17-8-10-19(11-9-17)30(31)32)15-33-24(29)28-18-5-4-12-25-13-18/h2-15,27H,1H3. The fourth-order valence-electron chi connectivity index (χ4n) is 3.55. The summed E-state index contributed by atoms with van der Waals surface area (Å²) >= 11 is 1.43. The summed E-state index contributed by atoms with van der Waals surface area (Å²) in [5, 5.41) is 18.9. The first-order chi connectivity index (χ1) is 16.1. The van der Waals surface area contributed by atoms with Gasteiger partial charge in [-0.2, -0.15) is 5.10 Å². The summed E-state index contributed by atoms with van der Waals surface area (Å²) in [7, 11) is 0. The molecule has 3 heterocycles. The number of aromatic amines is 1. The van der Waals surface area contributed by atoms with Crippen LogP contribution >= 0.6 is 11.3 Å². The first kappa shape index (κ1) is 20.5. The molecule has 0 aliphatic heterocycles. The van der Waals surface area contributed by atoms with Crippen molar-refractivity contribution < 1.29 is 4.92 Å². The lowest BCUT2D eigenvalue weighted by Crippen LogP contribution is -2.11. The number of nitrogens with zero attached hydrogens (tertiary/aromatic N) is 5. The van der Waals surface area contributed by atoms with Gasteiger partial charge in [0.2, 0.25) is 4.80 Å². The van der Waals surface area contributed by atoms with Gasteiger partial charge in [-0.15, -0.1) is 11.3 Å². The zero-order chi connectivity index (χ0) is 22.8. The highest BCUT2D eigenvalue weighted by atomic mass is 32.1. The van der Waals surface area contributed by atoms with Crippen molar-refractivity contribution in [3.05, 3.63) is 105 Å². The number of thiazole rings is 1. The molecule has 1 N–H and O–H groups in total. The van der Waals surface area contributed by atoms with Crippen molar-refractivity contribution >= 4 is 39.8 Å². The second-order valence-corrected chi connectivity index (χ2v) is 8.13. The lowest BCUT2D eigenvalue weighted by Gasteiger charge is -2.04. The number of fused-ring (bicyclic) bond motifs is 1. The van der Waals surface area contributed by atoms with E-state index in [9.17, 15) is 10.1 Å². The number of hydrogen-bond acceptors (Lipinski definition) is 6. The Morgan fingerprint density at radius 3 is 2.70 bits per heavy atom. The van der Waals surface area contributed by atoms with E-state index in [0.29, 0.717) is 10.5 Å². The van der Waals surface area contributed by atoms with Crippen molar-refractivity contribution in [2.75, 3.05) is 0 Å². The number of nitrogens with one attached hydrogen (secondary N) is 1. The van der Waals surface area contributed by atoms with Crippen LogP contribution in [0.4, 0.5) is 11.4 Å². The molecule has 5 rings (SSSR count). The predicted octanol–water partition coefficient (Wildman–Crippen LogP) is 5.42. The van der Waals surface area contributed by atoms with Gasteiger partial charge in [0.1, 0.15) is 0 Å². The van der Waals surface area contributed by atoms with Gasteiger partial charge in [-0.3, -0.25) is 15.1 Å². The minimum absolute atomic E-state index is 0.0405. The van der Waals surface area contributed by atoms with Gasteiger partial charge in [-0.1, -0.05) is 18.2 Å². The van der Waals surface area contributed by atoms with Crippen LogP contribution in [0.5, 0.6) is 0 Å². The van der Waals surface area contributed by atoms with Crippen molar-refractivity contribution in [1.29, 1.82) is 0 Å². The number of hydrogen-bond donors (Lipinski definition) is 1. The van der Waals surface area contributed by atoms with Crippen LogP contribution in [-0.4, -0.2) is 25.8 Å². The molecule has 9 heteroatoms. The van der Waals surface area contributed by atoms with Crippen molar-refractivity contribution in [3.63, 3.8) is 0 Å². The fraction of sp³-hybridized carbons (Fsp3) is 0.0417. The largest absolute Gasteiger partial charge is 0.358 e. The summed E-state index contributed by atoms with van der Waals surface area (Å²) in [5.74, 6) is 0. The van der Waals surface area contributed by atoms with Crippen molar-refractivity contribution in [3.8, 4) is 11.3 Å². The molecule has 0 bridgehead atoms. The molecular weight excluding hydrogens is 436 g/mol. The van der Waals surface area contributed by atoms with Crippen LogP contribution in [0.25, 0.3) is 22.2 Å². The molecule has 3 aromatic heterocycles. The van der Waals surface area contributed by atoms with Gasteiger partial charge in [0.15, 0.2) is 0 Å². The first-order valence-electron chi connectivity index (χ1n) is 10.1. The Labute approximate surface area is 192 Å². The van der Waals surface area contributed by atoms with E-state index in [1.54, 1.807) is 29.2 Å². The van der Waals surface area contributed by atoms with Gasteiger partial charge < -0.3 is 4.98 Å². The van der Waals surface area contributed by atoms with Crippen LogP contribution in [0, 0.1) is 17.0 Å². The van der Waals surface area contributed by atoms with Gasteiger partial charge >= 0.3 is 0 Å². The van der Waals surface area contributed by atoms with Gasteiger partial charge in [-0.05, 0) is 37.3 Å². The van der Waals surface area contributed by atoms with Crippen LogP contribution in [0.1, 0.15) is 11.3 Å². The molecular formula is C24H18N6O2S. The molecule has 162 valence electrons. The van der Waals surface area contributed by atoms with Crippen molar-refractivity contribution in [1.82, 2.24) is 14.6 Å². The number of non-ortho nitro benzene ring substituents is 1. The van der Waals surface area contributed by atoms with Crippen molar-refractivity contribution in [2.24, 2.45) is 10.1 Å². The summed E-state index contributed by atoms with van der Waals surface area (Å²) in [5.41, 5.74) is 5.39. The van der Waals surface area contributed by atoms with Crippen molar-refractivity contribution in [2.45, 2.75) is 6.92 Å². The molecule has 33 heavy (non-hydrogen) atoms. The van der Waals surface area contributed by atoms with Crippen LogP contribution in [0.2, 0.25) is 0 Å². The number of nitro benzene ring substituents is 1. The van der Waals surface area contributed by atoms with Crippen LogP contribution < -0.4 is 4.80 Å². The summed E-state index contributed by atoms with van der Waals surface area (Å²) < 4.78 is 1.75. The quantitative estimate of drug-likeness (QED) is 0.218. The Morgan fingerprint density at radius 2 is 1.94 bits per heavy atom. The highest BCUT2D eigenvalue weighted by Gasteiger charge is 2.12. The monoisotopic (exact) mass is 454 g/mol. The van der Waals surface area contributed by atoms with Crippen LogP contribution in [0.3, 0.4) is 0 Å². The maximum absolute atomic E-state index is 11.1. The van der Waals surface area contributed by atoms with Gasteiger partial charge in [-0.25, -0.2) is 9.67 Å². The number of benzene rings is 2. The van der Waals surface area contributed by atoms with E-state index in [4.69, 9.17) is 10.1 Å². The van der Waals surface area contributed by atoms with E-state index in [1.807, 2.05) is 48.9 Å². The summed E-state index contributed by atoms with van der Waals surface area (Å²) in [6.45, 7) is 2.01. The Kier molecular flexibility index (Phi) is 5.37. The SMILES string of the molecule is Cc1[nH]c2ccccc2c1C=Nn1c(-c2ccc([N+](=O)[O-])cc2)csc1=Nc1cccnc1. The predicted molar refractivity (Wildman–Crippen MR) is 130 cm³/mol. The zero-order valence-electron chi connectivity index (χ0n) is 17.5. The van der Waals surface area contributed by atoms with E-state index in [-0.39, 0.29) is 5.69 Å². The van der Waals surface area contributed by atoms with Gasteiger partial charge in [0.25, 0.3) is 5.69 Å². The molecule has 0 amide bonds. The number of rotatable bonds is 5. The molecule has 0 fully saturated rings. The third kappa shape index (κ3) is 4.09. The number of para-hydroxylation sites is 1. The van der Waals surface area contributed by atoms with Crippen LogP contribution in [0.15, 0.2) is 88.5 Å². The summed E-state index contributed by atoms with van der Waals surface area (Å²) in [6, 6.07) is 18.2. The van der Waals surface area contributed by atoms with E-state index in [1.165, 1.54) is 23.5 Å². The topological polar surface area (TPSA) is 101 Å². The van der Waals surface area contributed by atoms with Crippen LogP contribution in [-0.2, 0) is 0 Å². The zero-order valence-corrected chi connectivity index (χ0v) is 18.4. The highest BCUT2D eigenvalue weighted by Crippen LogP contribution is 2.24. The normalized spacial score (nSPS) is 12.1. The molecule has 0 saturated carbocycles. The number of H-pyrrole nitrogens is 1. The molecule has 0 aliphatic carbocycles. The molecule has 0 unspecified atom stereocenters. The van der Waals surface area contributed by atoms with E-state index < -0.39 is 4.92 Å². The molecule has 5 aromatic rings. The number of nitro groups is 1.